The molecule has 0 bridgehead atoms. The summed E-state index contributed by atoms with van der Waals surface area (Å²) in [6.45, 7) is 4.89. The third-order valence-corrected chi connectivity index (χ3v) is 9.36. The Morgan fingerprint density at radius 1 is 0.577 bits per heavy atom. The van der Waals surface area contributed by atoms with Gasteiger partial charge < -0.3 is 25.3 Å². The van der Waals surface area contributed by atoms with Crippen LogP contribution in [0.3, 0.4) is 0 Å². The Labute approximate surface area is 301 Å². The molecule has 0 amide bonds. The molecule has 4 aromatic heterocycles. The maximum Gasteiger partial charge on any atom is 0.198 e. The Kier molecular flexibility index (Phi) is 9.48. The first-order valence-corrected chi connectivity index (χ1v) is 17.2. The molecule has 4 heterocycles. The van der Waals surface area contributed by atoms with Crippen LogP contribution in [0.1, 0.15) is 31.8 Å². The molecule has 0 saturated carbocycles. The van der Waals surface area contributed by atoms with Crippen molar-refractivity contribution in [3.8, 4) is 22.5 Å². The number of carbonyl (C=O) groups is 2. The lowest BCUT2D eigenvalue weighted by Crippen LogP contribution is -2.22. The van der Waals surface area contributed by atoms with Gasteiger partial charge in [-0.15, -0.1) is 0 Å². The van der Waals surface area contributed by atoms with Crippen molar-refractivity contribution in [1.29, 1.82) is 0 Å². The molecule has 2 aliphatic rings. The minimum Gasteiger partial charge on any atom is -0.383 e. The maximum atomic E-state index is 13.3. The highest BCUT2D eigenvalue weighted by atomic mass is 16.1. The largest absolute Gasteiger partial charge is 0.383 e. The van der Waals surface area contributed by atoms with Crippen LogP contribution in [0.4, 0.5) is 11.4 Å². The topological polar surface area (TPSA) is 155 Å². The van der Waals surface area contributed by atoms with Gasteiger partial charge in [0.25, 0.3) is 0 Å². The van der Waals surface area contributed by atoms with Gasteiger partial charge in [0, 0.05) is 73.0 Å². The van der Waals surface area contributed by atoms with Crippen molar-refractivity contribution in [1.82, 2.24) is 54.7 Å². The molecule has 0 spiro atoms. The van der Waals surface area contributed by atoms with Crippen LogP contribution in [-0.2, 0) is 13.6 Å². The normalized spacial score (nSPS) is 12.8. The number of anilines is 2. The molecule has 2 aromatic carbocycles. The van der Waals surface area contributed by atoms with Crippen LogP contribution in [-0.4, -0.2) is 141 Å². The Morgan fingerprint density at radius 2 is 1.02 bits per heavy atom. The molecule has 15 nitrogen and oxygen atoms in total. The molecule has 0 aliphatic heterocycles. The maximum absolute atomic E-state index is 13.3. The lowest BCUT2D eigenvalue weighted by atomic mass is 9.88. The summed E-state index contributed by atoms with van der Waals surface area (Å²) in [5, 5.41) is 33.8. The van der Waals surface area contributed by atoms with Gasteiger partial charge in [-0.05, 0) is 66.6 Å². The summed E-state index contributed by atoms with van der Waals surface area (Å²) in [6.07, 6.45) is 6.32. The van der Waals surface area contributed by atoms with Gasteiger partial charge in [-0.3, -0.25) is 19.0 Å². The highest BCUT2D eigenvalue weighted by molar-refractivity contribution is 6.28. The molecule has 2 aliphatic carbocycles. The summed E-state index contributed by atoms with van der Waals surface area (Å²) >= 11 is 0. The van der Waals surface area contributed by atoms with E-state index in [0.717, 1.165) is 95.0 Å². The fraction of sp³-hybridized carbons (Fsp3) is 0.351. The average molecular weight is 702 g/mol. The first-order valence-electron chi connectivity index (χ1n) is 17.2. The van der Waals surface area contributed by atoms with Crippen molar-refractivity contribution < 1.29 is 9.59 Å². The third kappa shape index (κ3) is 6.27. The fourth-order valence-corrected chi connectivity index (χ4v) is 6.71. The first-order chi connectivity index (χ1) is 25.0. The third-order valence-electron chi connectivity index (χ3n) is 9.36. The van der Waals surface area contributed by atoms with Crippen molar-refractivity contribution in [2.75, 3.05) is 85.6 Å². The van der Waals surface area contributed by atoms with Crippen LogP contribution in [0.15, 0.2) is 49.1 Å². The highest BCUT2D eigenvalue weighted by Gasteiger charge is 2.33. The number of nitrogens with zero attached hydrogens (tertiary/aromatic N) is 11. The fourth-order valence-electron chi connectivity index (χ4n) is 6.71. The SMILES string of the molecule is CN(C)CCNc1ccc2c3c(nn2C)-c2cnncc2C(=O)c13.CN(C)CCNc1ccc2c3c(nn2CCN(C)C)-c2cnncc2C(=O)c13. The molecular formula is C37H43N13O2. The number of aryl methyl sites for hydroxylation is 1. The Hall–Kier alpha value is -5.64. The number of rotatable bonds is 11. The van der Waals surface area contributed by atoms with Gasteiger partial charge >= 0.3 is 0 Å². The van der Waals surface area contributed by atoms with Crippen LogP contribution in [0, 0.1) is 0 Å². The zero-order valence-electron chi connectivity index (χ0n) is 30.6. The summed E-state index contributed by atoms with van der Waals surface area (Å²) in [6, 6.07) is 7.99. The van der Waals surface area contributed by atoms with E-state index in [1.807, 2.05) is 72.2 Å². The van der Waals surface area contributed by atoms with Crippen LogP contribution in [0.5, 0.6) is 0 Å². The number of likely N-dealkylation sites (N-methyl/N-ethyl adjacent to an activating group) is 3. The molecule has 0 saturated heterocycles. The summed E-state index contributed by atoms with van der Waals surface area (Å²) in [5.41, 5.74) is 9.18. The second-order valence-electron chi connectivity index (χ2n) is 13.9. The molecule has 15 heteroatoms. The second kappa shape index (κ2) is 14.2. The molecule has 268 valence electrons. The molecule has 8 rings (SSSR count). The standard InChI is InChI=1S/C20H25N7O.C17H18N6O/c1-25(2)8-7-21-15-5-6-16-18-17(15)20(28)14-12-23-22-11-13(14)19(18)24-27(16)10-9-26(3)4;1-22(2)7-6-18-12-4-5-13-15-14(12)17(24)11-9-20-19-8-10(11)16(15)21-23(13)3/h5-6,11-12,21H,7-10H2,1-4H3;4-5,8-9,18H,6-7H2,1-3H3. The van der Waals surface area contributed by atoms with Crippen molar-refractivity contribution in [2.45, 2.75) is 6.54 Å². The average Bonchev–Trinajstić information content (AvgIpc) is 3.67. The van der Waals surface area contributed by atoms with Gasteiger partial charge in [-0.2, -0.15) is 30.6 Å². The number of hydrogen-bond donors (Lipinski definition) is 2. The van der Waals surface area contributed by atoms with E-state index in [9.17, 15) is 9.59 Å². The molecular weight excluding hydrogens is 658 g/mol. The van der Waals surface area contributed by atoms with Crippen LogP contribution in [0.2, 0.25) is 0 Å². The quantitative estimate of drug-likeness (QED) is 0.203. The number of hydrogen-bond acceptors (Lipinski definition) is 13. The van der Waals surface area contributed by atoms with E-state index < -0.39 is 0 Å². The minimum absolute atomic E-state index is 0.0255. The number of benzene rings is 2. The zero-order chi connectivity index (χ0) is 36.7. The molecule has 52 heavy (non-hydrogen) atoms. The van der Waals surface area contributed by atoms with Gasteiger partial charge in [0.1, 0.15) is 11.4 Å². The van der Waals surface area contributed by atoms with Crippen molar-refractivity contribution in [3.05, 3.63) is 71.3 Å². The van der Waals surface area contributed by atoms with Gasteiger partial charge in [0.15, 0.2) is 11.6 Å². The summed E-state index contributed by atoms with van der Waals surface area (Å²) < 4.78 is 3.79. The predicted octanol–water partition coefficient (Wildman–Crippen LogP) is 3.12. The summed E-state index contributed by atoms with van der Waals surface area (Å²) in [5.74, 6) is -0.0548. The number of aromatic nitrogens is 8. The lowest BCUT2D eigenvalue weighted by molar-refractivity contribution is 0.103. The van der Waals surface area contributed by atoms with E-state index in [1.54, 1.807) is 23.3 Å². The number of carbonyl (C=O) groups excluding carboxylic acids is 2. The van der Waals surface area contributed by atoms with Gasteiger partial charge in [0.05, 0.1) is 64.6 Å². The zero-order valence-corrected chi connectivity index (χ0v) is 30.6. The minimum atomic E-state index is -0.0293. The molecule has 0 atom stereocenters. The van der Waals surface area contributed by atoms with E-state index in [1.165, 1.54) is 6.20 Å². The van der Waals surface area contributed by atoms with Crippen LogP contribution in [0.25, 0.3) is 44.3 Å². The predicted molar refractivity (Wildman–Crippen MR) is 202 cm³/mol. The van der Waals surface area contributed by atoms with Crippen molar-refractivity contribution >= 4 is 44.7 Å². The van der Waals surface area contributed by atoms with Crippen LogP contribution >= 0.6 is 0 Å². The molecule has 2 N–H and O–H groups in total. The van der Waals surface area contributed by atoms with E-state index in [4.69, 9.17) is 5.10 Å². The molecule has 0 radical (unpaired) electrons. The van der Waals surface area contributed by atoms with E-state index >= 15 is 0 Å². The van der Waals surface area contributed by atoms with E-state index in [-0.39, 0.29) is 11.6 Å². The molecule has 6 aromatic rings. The van der Waals surface area contributed by atoms with Crippen molar-refractivity contribution in [2.24, 2.45) is 7.05 Å². The smallest absolute Gasteiger partial charge is 0.198 e. The van der Waals surface area contributed by atoms with Gasteiger partial charge in [0.2, 0.25) is 0 Å². The molecule has 0 fully saturated rings. The molecule has 0 unspecified atom stereocenters. The van der Waals surface area contributed by atoms with Crippen molar-refractivity contribution in [3.63, 3.8) is 0 Å². The van der Waals surface area contributed by atoms with E-state index in [0.29, 0.717) is 22.3 Å². The Bertz CT molecular complexity index is 2320. The Morgan fingerprint density at radius 3 is 1.52 bits per heavy atom. The first kappa shape index (κ1) is 34.8. The van der Waals surface area contributed by atoms with E-state index in [2.05, 4.69) is 56.9 Å². The summed E-state index contributed by atoms with van der Waals surface area (Å²) in [7, 11) is 14.1. The van der Waals surface area contributed by atoms with Gasteiger partial charge in [-0.25, -0.2) is 0 Å². The lowest BCUT2D eigenvalue weighted by Gasteiger charge is -2.19. The van der Waals surface area contributed by atoms with Crippen LogP contribution < -0.4 is 10.6 Å². The second-order valence-corrected chi connectivity index (χ2v) is 13.9. The number of fused-ring (bicyclic) bond motifs is 4. The van der Waals surface area contributed by atoms with Gasteiger partial charge in [-0.1, -0.05) is 0 Å². The number of ketones is 2. The summed E-state index contributed by atoms with van der Waals surface area (Å²) in [4.78, 5) is 32.7. The Balaban J connectivity index is 0.000000164. The highest BCUT2D eigenvalue weighted by Crippen LogP contribution is 2.42. The monoisotopic (exact) mass is 701 g/mol. The number of nitrogens with one attached hydrogen (secondary N) is 2.